The van der Waals surface area contributed by atoms with E-state index in [0.29, 0.717) is 24.4 Å². The smallest absolute Gasteiger partial charge is 0.223 e. The lowest BCUT2D eigenvalue weighted by atomic mass is 10.0. The van der Waals surface area contributed by atoms with Gasteiger partial charge in [0.2, 0.25) is 5.91 Å². The molecule has 0 spiro atoms. The van der Waals surface area contributed by atoms with Crippen molar-refractivity contribution in [2.75, 3.05) is 13.1 Å². The van der Waals surface area contributed by atoms with E-state index in [1.807, 2.05) is 0 Å². The first-order chi connectivity index (χ1) is 10.2. The SMILES string of the molecule is Cc1ccc(CCC(=O)N2CCCC2C2CCCN2)cc1. The number of benzene rings is 1. The fraction of sp³-hybridized carbons (Fsp3) is 0.611. The highest BCUT2D eigenvalue weighted by Gasteiger charge is 2.35. The summed E-state index contributed by atoms with van der Waals surface area (Å²) in [4.78, 5) is 14.7. The van der Waals surface area contributed by atoms with E-state index in [1.165, 1.54) is 36.8 Å². The summed E-state index contributed by atoms with van der Waals surface area (Å²) >= 11 is 0. The van der Waals surface area contributed by atoms with Crippen molar-refractivity contribution in [1.29, 1.82) is 0 Å². The van der Waals surface area contributed by atoms with Crippen LogP contribution in [0.25, 0.3) is 0 Å². The van der Waals surface area contributed by atoms with E-state index in [2.05, 4.69) is 41.4 Å². The number of aryl methyl sites for hydroxylation is 2. The highest BCUT2D eigenvalue weighted by atomic mass is 16.2. The van der Waals surface area contributed by atoms with Crippen LogP contribution in [0, 0.1) is 6.92 Å². The Morgan fingerprint density at radius 1 is 1.24 bits per heavy atom. The van der Waals surface area contributed by atoms with Crippen LogP contribution in [0.4, 0.5) is 0 Å². The molecule has 1 aromatic carbocycles. The first-order valence-electron chi connectivity index (χ1n) is 8.32. The molecule has 1 aromatic rings. The Bertz CT molecular complexity index is 476. The van der Waals surface area contributed by atoms with Crippen LogP contribution in [0.1, 0.15) is 43.2 Å². The summed E-state index contributed by atoms with van der Waals surface area (Å²) in [6.45, 7) is 4.17. The second kappa shape index (κ2) is 6.61. The molecule has 0 saturated carbocycles. The van der Waals surface area contributed by atoms with Gasteiger partial charge in [-0.25, -0.2) is 0 Å². The molecule has 2 aliphatic rings. The monoisotopic (exact) mass is 286 g/mol. The Balaban J connectivity index is 1.55. The van der Waals surface area contributed by atoms with Gasteiger partial charge in [-0.1, -0.05) is 29.8 Å². The fourth-order valence-corrected chi connectivity index (χ4v) is 3.71. The van der Waals surface area contributed by atoms with Crippen LogP contribution in [0.3, 0.4) is 0 Å². The van der Waals surface area contributed by atoms with Gasteiger partial charge in [0.1, 0.15) is 0 Å². The Kier molecular flexibility index (Phi) is 4.59. The van der Waals surface area contributed by atoms with Gasteiger partial charge >= 0.3 is 0 Å². The van der Waals surface area contributed by atoms with E-state index in [9.17, 15) is 4.79 Å². The predicted octanol–water partition coefficient (Wildman–Crippen LogP) is 2.67. The number of likely N-dealkylation sites (tertiary alicyclic amines) is 1. The van der Waals surface area contributed by atoms with Crippen LogP contribution in [0.2, 0.25) is 0 Å². The zero-order chi connectivity index (χ0) is 14.7. The fourth-order valence-electron chi connectivity index (χ4n) is 3.71. The van der Waals surface area contributed by atoms with Crippen molar-refractivity contribution in [3.8, 4) is 0 Å². The minimum absolute atomic E-state index is 0.340. The van der Waals surface area contributed by atoms with E-state index in [0.717, 1.165) is 19.5 Å². The van der Waals surface area contributed by atoms with E-state index < -0.39 is 0 Å². The van der Waals surface area contributed by atoms with Crippen LogP contribution in [0.15, 0.2) is 24.3 Å². The second-order valence-electron chi connectivity index (χ2n) is 6.49. The number of hydrogen-bond acceptors (Lipinski definition) is 2. The molecule has 0 radical (unpaired) electrons. The van der Waals surface area contributed by atoms with Crippen molar-refractivity contribution >= 4 is 5.91 Å². The minimum Gasteiger partial charge on any atom is -0.338 e. The highest BCUT2D eigenvalue weighted by molar-refractivity contribution is 5.77. The molecule has 2 saturated heterocycles. The van der Waals surface area contributed by atoms with E-state index in [-0.39, 0.29) is 0 Å². The van der Waals surface area contributed by atoms with Gasteiger partial charge < -0.3 is 10.2 Å². The van der Waals surface area contributed by atoms with Crippen molar-refractivity contribution in [3.05, 3.63) is 35.4 Å². The number of nitrogens with zero attached hydrogens (tertiary/aromatic N) is 1. The Morgan fingerprint density at radius 3 is 2.76 bits per heavy atom. The first kappa shape index (κ1) is 14.6. The molecule has 2 atom stereocenters. The standard InChI is InChI=1S/C18H26N2O/c1-14-6-8-15(9-7-14)10-11-18(21)20-13-3-5-17(20)16-4-2-12-19-16/h6-9,16-17,19H,2-5,10-13H2,1H3. The number of rotatable bonds is 4. The lowest BCUT2D eigenvalue weighted by molar-refractivity contribution is -0.132. The molecule has 2 aliphatic heterocycles. The Hall–Kier alpha value is -1.35. The molecular formula is C18H26N2O. The van der Waals surface area contributed by atoms with Gasteiger partial charge in [0.05, 0.1) is 0 Å². The molecule has 0 aromatic heterocycles. The van der Waals surface area contributed by atoms with E-state index >= 15 is 0 Å². The predicted molar refractivity (Wildman–Crippen MR) is 85.3 cm³/mol. The van der Waals surface area contributed by atoms with E-state index in [1.54, 1.807) is 0 Å². The van der Waals surface area contributed by atoms with Crippen LogP contribution < -0.4 is 5.32 Å². The molecular weight excluding hydrogens is 260 g/mol. The van der Waals surface area contributed by atoms with Crippen molar-refractivity contribution in [2.24, 2.45) is 0 Å². The highest BCUT2D eigenvalue weighted by Crippen LogP contribution is 2.25. The largest absolute Gasteiger partial charge is 0.338 e. The molecule has 1 amide bonds. The van der Waals surface area contributed by atoms with Gasteiger partial charge in [-0.15, -0.1) is 0 Å². The number of hydrogen-bond donors (Lipinski definition) is 1. The van der Waals surface area contributed by atoms with E-state index in [4.69, 9.17) is 0 Å². The van der Waals surface area contributed by atoms with Crippen LogP contribution in [-0.4, -0.2) is 36.0 Å². The zero-order valence-electron chi connectivity index (χ0n) is 13.0. The maximum atomic E-state index is 12.6. The summed E-state index contributed by atoms with van der Waals surface area (Å²) in [5.41, 5.74) is 2.54. The Morgan fingerprint density at radius 2 is 2.05 bits per heavy atom. The summed E-state index contributed by atoms with van der Waals surface area (Å²) in [7, 11) is 0. The maximum absolute atomic E-state index is 12.6. The van der Waals surface area contributed by atoms with Gasteiger partial charge in [0, 0.05) is 25.0 Å². The summed E-state index contributed by atoms with van der Waals surface area (Å²) in [5, 5.41) is 3.57. The normalized spacial score (nSPS) is 25.5. The summed E-state index contributed by atoms with van der Waals surface area (Å²) in [5.74, 6) is 0.340. The topological polar surface area (TPSA) is 32.3 Å². The third-order valence-corrected chi connectivity index (χ3v) is 4.93. The third kappa shape index (κ3) is 3.46. The van der Waals surface area contributed by atoms with Crippen LogP contribution >= 0.6 is 0 Å². The molecule has 0 bridgehead atoms. The lowest BCUT2D eigenvalue weighted by Crippen LogP contribution is -2.46. The average molecular weight is 286 g/mol. The van der Waals surface area contributed by atoms with Gasteiger partial charge in [-0.2, -0.15) is 0 Å². The minimum atomic E-state index is 0.340. The number of nitrogens with one attached hydrogen (secondary N) is 1. The van der Waals surface area contributed by atoms with Gasteiger partial charge in [0.25, 0.3) is 0 Å². The number of carbonyl (C=O) groups excluding carboxylic acids is 1. The molecule has 2 unspecified atom stereocenters. The third-order valence-electron chi connectivity index (χ3n) is 4.93. The van der Waals surface area contributed by atoms with Crippen molar-refractivity contribution in [3.63, 3.8) is 0 Å². The quantitative estimate of drug-likeness (QED) is 0.923. The second-order valence-corrected chi connectivity index (χ2v) is 6.49. The summed E-state index contributed by atoms with van der Waals surface area (Å²) in [6, 6.07) is 9.52. The maximum Gasteiger partial charge on any atom is 0.223 e. The molecule has 2 heterocycles. The van der Waals surface area contributed by atoms with Crippen molar-refractivity contribution in [2.45, 2.75) is 57.5 Å². The first-order valence-corrected chi connectivity index (χ1v) is 8.32. The van der Waals surface area contributed by atoms with Gasteiger partial charge in [0.15, 0.2) is 0 Å². The van der Waals surface area contributed by atoms with Crippen molar-refractivity contribution in [1.82, 2.24) is 10.2 Å². The molecule has 3 nitrogen and oxygen atoms in total. The molecule has 1 N–H and O–H groups in total. The molecule has 3 heteroatoms. The zero-order valence-corrected chi connectivity index (χ0v) is 13.0. The average Bonchev–Trinajstić information content (AvgIpc) is 3.16. The lowest BCUT2D eigenvalue weighted by Gasteiger charge is -2.29. The van der Waals surface area contributed by atoms with Crippen molar-refractivity contribution < 1.29 is 4.79 Å². The summed E-state index contributed by atoms with van der Waals surface area (Å²) < 4.78 is 0. The van der Waals surface area contributed by atoms with Crippen LogP contribution in [-0.2, 0) is 11.2 Å². The molecule has 3 rings (SSSR count). The molecule has 2 fully saturated rings. The van der Waals surface area contributed by atoms with Crippen LogP contribution in [0.5, 0.6) is 0 Å². The Labute approximate surface area is 127 Å². The van der Waals surface area contributed by atoms with Gasteiger partial charge in [-0.05, 0) is 51.1 Å². The summed E-state index contributed by atoms with van der Waals surface area (Å²) in [6.07, 6.45) is 6.33. The molecule has 0 aliphatic carbocycles. The number of amides is 1. The molecule has 21 heavy (non-hydrogen) atoms. The van der Waals surface area contributed by atoms with Gasteiger partial charge in [-0.3, -0.25) is 4.79 Å². The number of carbonyl (C=O) groups is 1. The molecule has 114 valence electrons.